The second-order valence-electron chi connectivity index (χ2n) is 4.00. The van der Waals surface area contributed by atoms with Crippen molar-refractivity contribution in [2.45, 2.75) is 12.5 Å². The molecule has 2 heterocycles. The lowest BCUT2D eigenvalue weighted by Crippen LogP contribution is -2.18. The van der Waals surface area contributed by atoms with Gasteiger partial charge in [-0.25, -0.2) is 4.79 Å². The van der Waals surface area contributed by atoms with Gasteiger partial charge in [0.2, 0.25) is 0 Å². The van der Waals surface area contributed by atoms with Crippen molar-refractivity contribution >= 4 is 5.97 Å². The van der Waals surface area contributed by atoms with Crippen molar-refractivity contribution in [1.29, 1.82) is 0 Å². The Hall–Kier alpha value is -1.61. The fourth-order valence-corrected chi connectivity index (χ4v) is 2.22. The molecule has 0 radical (unpaired) electrons. The van der Waals surface area contributed by atoms with E-state index in [1.807, 2.05) is 30.3 Å². The van der Waals surface area contributed by atoms with Crippen LogP contribution >= 0.6 is 0 Å². The Morgan fingerprint density at radius 3 is 2.81 bits per heavy atom. The average molecular weight is 216 g/mol. The van der Waals surface area contributed by atoms with E-state index in [0.29, 0.717) is 13.2 Å². The first-order valence-electron chi connectivity index (χ1n) is 5.42. The van der Waals surface area contributed by atoms with E-state index in [9.17, 15) is 4.79 Å². The smallest absolute Gasteiger partial charge is 0.337 e. The molecule has 3 nitrogen and oxygen atoms in total. The molecule has 0 fully saturated rings. The molecule has 0 saturated carbocycles. The van der Waals surface area contributed by atoms with E-state index in [1.165, 1.54) is 0 Å². The van der Waals surface area contributed by atoms with Crippen molar-refractivity contribution in [2.24, 2.45) is 0 Å². The predicted molar refractivity (Wildman–Crippen MR) is 57.7 cm³/mol. The lowest BCUT2D eigenvalue weighted by Gasteiger charge is -2.17. The topological polar surface area (TPSA) is 35.5 Å². The molecule has 16 heavy (non-hydrogen) atoms. The maximum absolute atomic E-state index is 11.7. The van der Waals surface area contributed by atoms with E-state index < -0.39 is 0 Å². The van der Waals surface area contributed by atoms with Crippen molar-refractivity contribution in [2.75, 3.05) is 13.2 Å². The lowest BCUT2D eigenvalue weighted by molar-refractivity contribution is -0.140. The number of benzene rings is 1. The number of hydrogen-bond acceptors (Lipinski definition) is 3. The minimum absolute atomic E-state index is 0.215. The highest BCUT2D eigenvalue weighted by molar-refractivity contribution is 5.92. The van der Waals surface area contributed by atoms with Gasteiger partial charge in [0, 0.05) is 6.42 Å². The fraction of sp³-hybridized carbons (Fsp3) is 0.308. The quantitative estimate of drug-likeness (QED) is 0.673. The van der Waals surface area contributed by atoms with Gasteiger partial charge in [-0.15, -0.1) is 0 Å². The van der Waals surface area contributed by atoms with Crippen molar-refractivity contribution in [3.8, 4) is 0 Å². The van der Waals surface area contributed by atoms with Gasteiger partial charge < -0.3 is 9.47 Å². The van der Waals surface area contributed by atoms with Crippen molar-refractivity contribution in [3.63, 3.8) is 0 Å². The van der Waals surface area contributed by atoms with Crippen LogP contribution in [0.4, 0.5) is 0 Å². The van der Waals surface area contributed by atoms with Gasteiger partial charge in [-0.2, -0.15) is 0 Å². The highest BCUT2D eigenvalue weighted by Gasteiger charge is 2.35. The first-order valence-corrected chi connectivity index (χ1v) is 5.42. The molecule has 1 unspecified atom stereocenters. The number of rotatable bonds is 1. The van der Waals surface area contributed by atoms with Gasteiger partial charge >= 0.3 is 5.97 Å². The Labute approximate surface area is 93.7 Å². The first-order chi connectivity index (χ1) is 7.86. The summed E-state index contributed by atoms with van der Waals surface area (Å²) in [5.41, 5.74) is 2.84. The molecule has 0 N–H and O–H groups in total. The lowest BCUT2D eigenvalue weighted by atomic mass is 9.97. The van der Waals surface area contributed by atoms with Crippen LogP contribution in [0.25, 0.3) is 0 Å². The Morgan fingerprint density at radius 1 is 1.19 bits per heavy atom. The van der Waals surface area contributed by atoms with E-state index in [0.717, 1.165) is 23.1 Å². The second kappa shape index (κ2) is 3.76. The molecule has 0 bridgehead atoms. The van der Waals surface area contributed by atoms with Crippen LogP contribution in [-0.2, 0) is 14.3 Å². The molecular weight excluding hydrogens is 204 g/mol. The number of hydrogen-bond donors (Lipinski definition) is 0. The molecule has 0 amide bonds. The molecule has 82 valence electrons. The maximum Gasteiger partial charge on any atom is 0.337 e. The molecular formula is C13H12O3. The van der Waals surface area contributed by atoms with Gasteiger partial charge in [0.1, 0.15) is 6.10 Å². The largest absolute Gasteiger partial charge is 0.462 e. The Balaban J connectivity index is 1.99. The van der Waals surface area contributed by atoms with Crippen LogP contribution in [0.1, 0.15) is 18.1 Å². The third-order valence-corrected chi connectivity index (χ3v) is 3.03. The van der Waals surface area contributed by atoms with Crippen molar-refractivity contribution in [1.82, 2.24) is 0 Å². The molecule has 3 heteroatoms. The zero-order chi connectivity index (χ0) is 11.0. The van der Waals surface area contributed by atoms with Crippen LogP contribution in [0.5, 0.6) is 0 Å². The van der Waals surface area contributed by atoms with Crippen molar-refractivity contribution < 1.29 is 14.3 Å². The van der Waals surface area contributed by atoms with Crippen LogP contribution in [0.2, 0.25) is 0 Å². The third kappa shape index (κ3) is 1.44. The third-order valence-electron chi connectivity index (χ3n) is 3.03. The summed E-state index contributed by atoms with van der Waals surface area (Å²) in [6.07, 6.45) is 0.578. The highest BCUT2D eigenvalue weighted by atomic mass is 16.5. The summed E-state index contributed by atoms with van der Waals surface area (Å²) in [7, 11) is 0. The van der Waals surface area contributed by atoms with Gasteiger partial charge in [0.25, 0.3) is 0 Å². The number of esters is 1. The van der Waals surface area contributed by atoms with Gasteiger partial charge in [0.15, 0.2) is 0 Å². The minimum Gasteiger partial charge on any atom is -0.462 e. The van der Waals surface area contributed by atoms with Crippen LogP contribution in [0.15, 0.2) is 41.5 Å². The number of cyclic esters (lactones) is 1. The van der Waals surface area contributed by atoms with E-state index in [-0.39, 0.29) is 12.1 Å². The molecule has 1 aromatic rings. The zero-order valence-corrected chi connectivity index (χ0v) is 8.81. The number of carbonyl (C=O) groups is 1. The molecule has 2 aliphatic rings. The van der Waals surface area contributed by atoms with Gasteiger partial charge in [-0.05, 0) is 11.1 Å². The van der Waals surface area contributed by atoms with Gasteiger partial charge in [-0.1, -0.05) is 30.3 Å². The number of carbonyl (C=O) groups excluding carboxylic acids is 1. The van der Waals surface area contributed by atoms with Crippen LogP contribution in [-0.4, -0.2) is 19.2 Å². The molecule has 1 aromatic carbocycles. The summed E-state index contributed by atoms with van der Waals surface area (Å²) >= 11 is 0. The van der Waals surface area contributed by atoms with Crippen molar-refractivity contribution in [3.05, 3.63) is 47.0 Å². The number of ether oxygens (including phenoxy) is 2. The van der Waals surface area contributed by atoms with Crippen LogP contribution < -0.4 is 0 Å². The molecule has 2 aliphatic heterocycles. The summed E-state index contributed by atoms with van der Waals surface area (Å²) in [6.45, 7) is 1.05. The zero-order valence-electron chi connectivity index (χ0n) is 8.81. The summed E-state index contributed by atoms with van der Waals surface area (Å²) < 4.78 is 10.7. The Bertz CT molecular complexity index is 448. The van der Waals surface area contributed by atoms with E-state index in [2.05, 4.69) is 0 Å². The Morgan fingerprint density at radius 2 is 2.00 bits per heavy atom. The fourth-order valence-electron chi connectivity index (χ4n) is 2.22. The van der Waals surface area contributed by atoms with Gasteiger partial charge in [0.05, 0.1) is 18.8 Å². The highest BCUT2D eigenvalue weighted by Crippen LogP contribution is 2.37. The summed E-state index contributed by atoms with van der Waals surface area (Å²) in [4.78, 5) is 11.7. The molecule has 0 saturated heterocycles. The summed E-state index contributed by atoms with van der Waals surface area (Å²) in [6, 6.07) is 9.80. The van der Waals surface area contributed by atoms with E-state index >= 15 is 0 Å². The minimum atomic E-state index is -0.232. The van der Waals surface area contributed by atoms with E-state index in [1.54, 1.807) is 0 Å². The maximum atomic E-state index is 11.7. The second-order valence-corrected chi connectivity index (χ2v) is 4.00. The predicted octanol–water partition coefficient (Wildman–Crippen LogP) is 2.00. The molecule has 1 atom stereocenters. The molecule has 0 spiro atoms. The normalized spacial score (nSPS) is 24.2. The molecule has 0 aromatic heterocycles. The SMILES string of the molecule is O=C1OCCC2=C1C(c1ccccc1)OC2. The van der Waals surface area contributed by atoms with Crippen LogP contribution in [0, 0.1) is 0 Å². The Kier molecular flexibility index (Phi) is 2.26. The summed E-state index contributed by atoms with van der Waals surface area (Å²) in [5, 5.41) is 0. The standard InChI is InChI=1S/C13H12O3/c14-13-11-10(6-7-15-13)8-16-12(11)9-4-2-1-3-5-9/h1-5,12H,6-8H2. The molecule has 0 aliphatic carbocycles. The van der Waals surface area contributed by atoms with E-state index in [4.69, 9.17) is 9.47 Å². The van der Waals surface area contributed by atoms with Gasteiger partial charge in [-0.3, -0.25) is 0 Å². The average Bonchev–Trinajstić information content (AvgIpc) is 2.75. The monoisotopic (exact) mass is 216 g/mol. The molecule has 3 rings (SSSR count). The first kappa shape index (κ1) is 9.60. The summed E-state index contributed by atoms with van der Waals surface area (Å²) in [5.74, 6) is -0.215. The van der Waals surface area contributed by atoms with Crippen LogP contribution in [0.3, 0.4) is 0 Å².